The highest BCUT2D eigenvalue weighted by Gasteiger charge is 2.13. The number of carboxylic acids is 1. The van der Waals surface area contributed by atoms with Crippen molar-refractivity contribution in [1.82, 2.24) is 9.97 Å². The van der Waals surface area contributed by atoms with E-state index in [1.165, 1.54) is 0 Å². The molecule has 2 aromatic heterocycles. The number of hydrogen-bond donors (Lipinski definition) is 2. The number of nitrogens with zero attached hydrogens (tertiary/aromatic N) is 2. The van der Waals surface area contributed by atoms with E-state index in [2.05, 4.69) is 14.9 Å². The van der Waals surface area contributed by atoms with Crippen LogP contribution in [0.25, 0.3) is 22.2 Å². The zero-order chi connectivity index (χ0) is 18.8. The quantitative estimate of drug-likeness (QED) is 0.377. The van der Waals surface area contributed by atoms with Crippen molar-refractivity contribution < 1.29 is 28.9 Å². The van der Waals surface area contributed by atoms with Crippen molar-refractivity contribution in [2.75, 3.05) is 6.61 Å². The van der Waals surface area contributed by atoms with E-state index in [4.69, 9.17) is 19.2 Å². The highest BCUT2D eigenvalue weighted by atomic mass is 17.1. The predicted octanol–water partition coefficient (Wildman–Crippen LogP) is 3.22. The molecule has 0 fully saturated rings. The molecule has 0 spiro atoms. The number of carbonyl (C=O) groups is 1. The molecule has 8 nitrogen and oxygen atoms in total. The standard InChI is InChI=1S/C19H16N2O6/c22-19(23)9-12-2-4-16-14(8-12)21-18(27-16)10-17-20-13-7-11(5-6-25-24)1-3-15(13)26-17/h1-4,7-8,24H,5-6,9-10H2,(H,22,23). The van der Waals surface area contributed by atoms with Crippen molar-refractivity contribution in [3.05, 3.63) is 59.3 Å². The van der Waals surface area contributed by atoms with Gasteiger partial charge in [-0.25, -0.2) is 14.9 Å². The van der Waals surface area contributed by atoms with Gasteiger partial charge in [0.15, 0.2) is 11.2 Å². The molecule has 4 aromatic rings. The minimum atomic E-state index is -0.894. The zero-order valence-electron chi connectivity index (χ0n) is 14.2. The maximum atomic E-state index is 10.8. The van der Waals surface area contributed by atoms with Gasteiger partial charge < -0.3 is 13.9 Å². The summed E-state index contributed by atoms with van der Waals surface area (Å²) in [5.41, 5.74) is 4.19. The van der Waals surface area contributed by atoms with Crippen molar-refractivity contribution in [2.45, 2.75) is 19.3 Å². The van der Waals surface area contributed by atoms with Gasteiger partial charge in [0.05, 0.1) is 13.0 Å². The fourth-order valence-corrected chi connectivity index (χ4v) is 2.93. The van der Waals surface area contributed by atoms with Crippen LogP contribution in [0.1, 0.15) is 22.9 Å². The third-order valence-corrected chi connectivity index (χ3v) is 4.13. The van der Waals surface area contributed by atoms with Crippen molar-refractivity contribution in [3.63, 3.8) is 0 Å². The SMILES string of the molecule is O=C(O)Cc1ccc2oc(Cc3nc4cc(CCOO)ccc4o3)nc2c1. The second-order valence-corrected chi connectivity index (χ2v) is 6.15. The average Bonchev–Trinajstić information content (AvgIpc) is 3.21. The Balaban J connectivity index is 1.56. The van der Waals surface area contributed by atoms with Crippen LogP contribution in [0.3, 0.4) is 0 Å². The Labute approximate surface area is 152 Å². The number of hydrogen-bond acceptors (Lipinski definition) is 7. The molecule has 2 N–H and O–H groups in total. The first-order valence-electron chi connectivity index (χ1n) is 8.35. The molecular weight excluding hydrogens is 352 g/mol. The summed E-state index contributed by atoms with van der Waals surface area (Å²) < 4.78 is 11.4. The average molecular weight is 368 g/mol. The molecule has 8 heteroatoms. The van der Waals surface area contributed by atoms with E-state index in [-0.39, 0.29) is 19.4 Å². The third-order valence-electron chi connectivity index (χ3n) is 4.13. The highest BCUT2D eigenvalue weighted by molar-refractivity contribution is 5.77. The van der Waals surface area contributed by atoms with Gasteiger partial charge in [-0.15, -0.1) is 0 Å². The topological polar surface area (TPSA) is 119 Å². The van der Waals surface area contributed by atoms with E-state index in [1.807, 2.05) is 18.2 Å². The molecule has 0 saturated carbocycles. The third kappa shape index (κ3) is 3.81. The molecule has 2 aromatic carbocycles. The minimum absolute atomic E-state index is 0.0626. The largest absolute Gasteiger partial charge is 0.481 e. The van der Waals surface area contributed by atoms with Gasteiger partial charge in [-0.3, -0.25) is 10.1 Å². The van der Waals surface area contributed by atoms with Gasteiger partial charge in [0.25, 0.3) is 0 Å². The molecule has 0 unspecified atom stereocenters. The van der Waals surface area contributed by atoms with Gasteiger partial charge in [0.2, 0.25) is 11.8 Å². The second kappa shape index (κ2) is 7.18. The first-order chi connectivity index (χ1) is 13.1. The van der Waals surface area contributed by atoms with Crippen LogP contribution < -0.4 is 0 Å². The summed E-state index contributed by atoms with van der Waals surface area (Å²) in [6.45, 7) is 0.211. The number of rotatable bonds is 7. The van der Waals surface area contributed by atoms with Crippen molar-refractivity contribution >= 4 is 28.2 Å². The molecule has 0 aliphatic carbocycles. The van der Waals surface area contributed by atoms with Gasteiger partial charge in [0, 0.05) is 0 Å². The zero-order valence-corrected chi connectivity index (χ0v) is 14.2. The molecule has 0 atom stereocenters. The highest BCUT2D eigenvalue weighted by Crippen LogP contribution is 2.22. The van der Waals surface area contributed by atoms with Gasteiger partial charge in [0.1, 0.15) is 17.5 Å². The number of fused-ring (bicyclic) bond motifs is 2. The maximum absolute atomic E-state index is 10.8. The van der Waals surface area contributed by atoms with Gasteiger partial charge in [-0.2, -0.15) is 0 Å². The summed E-state index contributed by atoms with van der Waals surface area (Å²) in [5, 5.41) is 17.3. The maximum Gasteiger partial charge on any atom is 0.307 e. The molecule has 0 saturated heterocycles. The lowest BCUT2D eigenvalue weighted by molar-refractivity contribution is -0.241. The lowest BCUT2D eigenvalue weighted by Crippen LogP contribution is -1.99. The van der Waals surface area contributed by atoms with Crippen LogP contribution in [0.5, 0.6) is 0 Å². The summed E-state index contributed by atoms with van der Waals surface area (Å²) in [6.07, 6.45) is 0.790. The Bertz CT molecular complexity index is 1110. The van der Waals surface area contributed by atoms with E-state index >= 15 is 0 Å². The normalized spacial score (nSPS) is 11.4. The Hall–Kier alpha value is -3.23. The van der Waals surface area contributed by atoms with Crippen molar-refractivity contribution in [2.24, 2.45) is 0 Å². The van der Waals surface area contributed by atoms with Gasteiger partial charge in [-0.05, 0) is 41.8 Å². The predicted molar refractivity (Wildman–Crippen MR) is 94.4 cm³/mol. The number of oxazole rings is 2. The van der Waals surface area contributed by atoms with Crippen LogP contribution in [-0.4, -0.2) is 32.9 Å². The first-order valence-corrected chi connectivity index (χ1v) is 8.35. The summed E-state index contributed by atoms with van der Waals surface area (Å²) >= 11 is 0. The summed E-state index contributed by atoms with van der Waals surface area (Å²) in [5.74, 6) is 0.0188. The van der Waals surface area contributed by atoms with Gasteiger partial charge >= 0.3 is 5.97 Å². The van der Waals surface area contributed by atoms with E-state index in [0.29, 0.717) is 46.0 Å². The van der Waals surface area contributed by atoms with Crippen LogP contribution in [0.4, 0.5) is 0 Å². The van der Waals surface area contributed by atoms with E-state index in [1.54, 1.807) is 18.2 Å². The first kappa shape index (κ1) is 17.2. The lowest BCUT2D eigenvalue weighted by atomic mass is 10.1. The molecule has 0 amide bonds. The summed E-state index contributed by atoms with van der Waals surface area (Å²) in [4.78, 5) is 23.8. The number of aliphatic carboxylic acids is 1. The molecule has 138 valence electrons. The number of aromatic nitrogens is 2. The van der Waals surface area contributed by atoms with Crippen molar-refractivity contribution in [3.8, 4) is 0 Å². The summed E-state index contributed by atoms with van der Waals surface area (Å²) in [7, 11) is 0. The molecule has 0 aliphatic rings. The smallest absolute Gasteiger partial charge is 0.307 e. The second-order valence-electron chi connectivity index (χ2n) is 6.15. The Kier molecular flexibility index (Phi) is 4.57. The Morgan fingerprint density at radius 3 is 2.15 bits per heavy atom. The van der Waals surface area contributed by atoms with Crippen LogP contribution in [0.15, 0.2) is 45.2 Å². The molecule has 4 rings (SSSR count). The Morgan fingerprint density at radius 2 is 1.56 bits per heavy atom. The van der Waals surface area contributed by atoms with E-state index in [9.17, 15) is 4.79 Å². The van der Waals surface area contributed by atoms with Gasteiger partial charge in [-0.1, -0.05) is 12.1 Å². The molecule has 27 heavy (non-hydrogen) atoms. The molecule has 0 aliphatic heterocycles. The molecular formula is C19H16N2O6. The molecule has 2 heterocycles. The van der Waals surface area contributed by atoms with Crippen LogP contribution in [-0.2, 0) is 28.9 Å². The van der Waals surface area contributed by atoms with Crippen LogP contribution in [0, 0.1) is 0 Å². The minimum Gasteiger partial charge on any atom is -0.481 e. The summed E-state index contributed by atoms with van der Waals surface area (Å²) in [6, 6.07) is 10.7. The van der Waals surface area contributed by atoms with Crippen LogP contribution >= 0.6 is 0 Å². The van der Waals surface area contributed by atoms with Crippen molar-refractivity contribution in [1.29, 1.82) is 0 Å². The lowest BCUT2D eigenvalue weighted by Gasteiger charge is -1.97. The van der Waals surface area contributed by atoms with E-state index in [0.717, 1.165) is 5.56 Å². The molecule has 0 radical (unpaired) electrons. The fraction of sp³-hybridized carbons (Fsp3) is 0.211. The monoisotopic (exact) mass is 368 g/mol. The fourth-order valence-electron chi connectivity index (χ4n) is 2.93. The Morgan fingerprint density at radius 1 is 0.963 bits per heavy atom. The number of benzene rings is 2. The van der Waals surface area contributed by atoms with E-state index < -0.39 is 5.97 Å². The number of carboxylic acid groups (broad SMARTS) is 1. The van der Waals surface area contributed by atoms with Crippen LogP contribution in [0.2, 0.25) is 0 Å². The molecule has 0 bridgehead atoms.